The Kier molecular flexibility index (Phi) is 6.04. The van der Waals surface area contributed by atoms with Gasteiger partial charge in [0.15, 0.2) is 0 Å². The van der Waals surface area contributed by atoms with E-state index in [0.29, 0.717) is 5.11 Å². The van der Waals surface area contributed by atoms with Crippen molar-refractivity contribution in [1.29, 1.82) is 0 Å². The number of nitrogens with two attached hydrogens (primary N) is 1. The fourth-order valence-corrected chi connectivity index (χ4v) is 1.30. The van der Waals surface area contributed by atoms with Crippen LogP contribution in [0.3, 0.4) is 0 Å². The first-order chi connectivity index (χ1) is 8.63. The molecular formula is C13H18N4S. The lowest BCUT2D eigenvalue weighted by Crippen LogP contribution is -2.37. The average molecular weight is 262 g/mol. The second-order valence-corrected chi connectivity index (χ2v) is 4.43. The number of allylic oxidation sites excluding steroid dienone is 1. The van der Waals surface area contributed by atoms with Gasteiger partial charge in [-0.2, -0.15) is 5.10 Å². The number of benzene rings is 1. The first-order valence-electron chi connectivity index (χ1n) is 5.70. The molecule has 5 heteroatoms. The lowest BCUT2D eigenvalue weighted by Gasteiger charge is -2.07. The Labute approximate surface area is 113 Å². The summed E-state index contributed by atoms with van der Waals surface area (Å²) in [6, 6.07) is 10.1. The lowest BCUT2D eigenvalue weighted by molar-refractivity contribution is 0.853. The van der Waals surface area contributed by atoms with E-state index in [1.165, 1.54) is 0 Å². The minimum Gasteiger partial charge on any atom is -0.300 e. The Morgan fingerprint density at radius 1 is 1.33 bits per heavy atom. The number of nitrogens with zero attached hydrogens (tertiary/aromatic N) is 1. The van der Waals surface area contributed by atoms with Gasteiger partial charge in [0.25, 0.3) is 0 Å². The molecule has 4 nitrogen and oxygen atoms in total. The maximum absolute atomic E-state index is 5.16. The lowest BCUT2D eigenvalue weighted by atomic mass is 10.1. The molecule has 0 saturated heterocycles. The van der Waals surface area contributed by atoms with Gasteiger partial charge >= 0.3 is 0 Å². The number of hydrazone groups is 1. The van der Waals surface area contributed by atoms with Gasteiger partial charge in [-0.25, -0.2) is 5.84 Å². The van der Waals surface area contributed by atoms with Crippen molar-refractivity contribution in [2.75, 3.05) is 0 Å². The van der Waals surface area contributed by atoms with Crippen LogP contribution in [0.15, 0.2) is 41.5 Å². The van der Waals surface area contributed by atoms with Crippen molar-refractivity contribution in [2.45, 2.75) is 13.8 Å². The molecule has 18 heavy (non-hydrogen) atoms. The smallest absolute Gasteiger partial charge is 0.201 e. The summed E-state index contributed by atoms with van der Waals surface area (Å²) in [4.78, 5) is 0. The van der Waals surface area contributed by atoms with Crippen molar-refractivity contribution in [3.05, 3.63) is 42.0 Å². The SMILES string of the molecule is CC(C)C(/C=C\c1ccccc1)=N\NC(=S)NN. The molecule has 0 aromatic heterocycles. The topological polar surface area (TPSA) is 62.4 Å². The quantitative estimate of drug-likeness (QED) is 0.336. The number of nitrogens with one attached hydrogen (secondary N) is 2. The van der Waals surface area contributed by atoms with Gasteiger partial charge in [0.1, 0.15) is 0 Å². The molecule has 1 aromatic carbocycles. The Morgan fingerprint density at radius 2 is 2.00 bits per heavy atom. The van der Waals surface area contributed by atoms with E-state index in [1.54, 1.807) is 0 Å². The summed E-state index contributed by atoms with van der Waals surface area (Å²) < 4.78 is 0. The van der Waals surface area contributed by atoms with Crippen LogP contribution in [-0.4, -0.2) is 10.8 Å². The first-order valence-corrected chi connectivity index (χ1v) is 6.11. The third kappa shape index (κ3) is 5.07. The van der Waals surface area contributed by atoms with Crippen LogP contribution in [0.2, 0.25) is 0 Å². The molecule has 0 saturated carbocycles. The summed E-state index contributed by atoms with van der Waals surface area (Å²) in [6.07, 6.45) is 3.98. The van der Waals surface area contributed by atoms with Crippen LogP contribution in [0.5, 0.6) is 0 Å². The van der Waals surface area contributed by atoms with Crippen molar-refractivity contribution in [2.24, 2.45) is 16.9 Å². The number of hydrazine groups is 1. The van der Waals surface area contributed by atoms with Crippen molar-refractivity contribution < 1.29 is 0 Å². The molecule has 0 aliphatic rings. The van der Waals surface area contributed by atoms with Gasteiger partial charge in [0, 0.05) is 0 Å². The average Bonchev–Trinajstić information content (AvgIpc) is 2.39. The highest BCUT2D eigenvalue weighted by atomic mass is 32.1. The molecule has 0 fully saturated rings. The zero-order valence-electron chi connectivity index (χ0n) is 10.6. The van der Waals surface area contributed by atoms with E-state index in [-0.39, 0.29) is 5.92 Å². The molecule has 0 heterocycles. The van der Waals surface area contributed by atoms with Crippen LogP contribution in [0.25, 0.3) is 6.08 Å². The maximum Gasteiger partial charge on any atom is 0.201 e. The van der Waals surface area contributed by atoms with E-state index in [4.69, 9.17) is 18.1 Å². The molecule has 0 bridgehead atoms. The predicted octanol–water partition coefficient (Wildman–Crippen LogP) is 2.05. The minimum atomic E-state index is 0.290. The predicted molar refractivity (Wildman–Crippen MR) is 80.8 cm³/mol. The van der Waals surface area contributed by atoms with Crippen molar-refractivity contribution in [3.8, 4) is 0 Å². The fraction of sp³-hybridized carbons (Fsp3) is 0.231. The molecule has 0 spiro atoms. The van der Waals surface area contributed by atoms with Crippen LogP contribution in [0, 0.1) is 5.92 Å². The molecule has 0 unspecified atom stereocenters. The highest BCUT2D eigenvalue weighted by molar-refractivity contribution is 7.80. The highest BCUT2D eigenvalue weighted by Crippen LogP contribution is 2.04. The summed E-state index contributed by atoms with van der Waals surface area (Å²) in [5.41, 5.74) is 7.03. The van der Waals surface area contributed by atoms with E-state index in [0.717, 1.165) is 11.3 Å². The van der Waals surface area contributed by atoms with E-state index >= 15 is 0 Å². The Balaban J connectivity index is 2.75. The number of hydrogen-bond donors (Lipinski definition) is 3. The van der Waals surface area contributed by atoms with Crippen LogP contribution >= 0.6 is 12.2 Å². The summed E-state index contributed by atoms with van der Waals surface area (Å²) in [7, 11) is 0. The van der Waals surface area contributed by atoms with Crippen molar-refractivity contribution in [1.82, 2.24) is 10.9 Å². The van der Waals surface area contributed by atoms with E-state index < -0.39 is 0 Å². The van der Waals surface area contributed by atoms with E-state index in [2.05, 4.69) is 29.8 Å². The minimum absolute atomic E-state index is 0.290. The molecule has 0 aliphatic carbocycles. The summed E-state index contributed by atoms with van der Waals surface area (Å²) in [6.45, 7) is 4.13. The fourth-order valence-electron chi connectivity index (χ4n) is 1.25. The van der Waals surface area contributed by atoms with Crippen LogP contribution in [0.4, 0.5) is 0 Å². The third-order valence-corrected chi connectivity index (χ3v) is 2.46. The summed E-state index contributed by atoms with van der Waals surface area (Å²) >= 11 is 4.86. The molecule has 1 aromatic rings. The molecule has 96 valence electrons. The van der Waals surface area contributed by atoms with E-state index in [9.17, 15) is 0 Å². The van der Waals surface area contributed by atoms with Gasteiger partial charge < -0.3 is 0 Å². The zero-order valence-corrected chi connectivity index (χ0v) is 11.4. The second-order valence-electron chi connectivity index (χ2n) is 4.02. The number of hydrogen-bond acceptors (Lipinski definition) is 3. The summed E-state index contributed by atoms with van der Waals surface area (Å²) in [5, 5.41) is 4.50. The normalized spacial score (nSPS) is 11.9. The molecule has 0 atom stereocenters. The Hall–Kier alpha value is -1.72. The second kappa shape index (κ2) is 7.58. The van der Waals surface area contributed by atoms with Gasteiger partial charge in [0.05, 0.1) is 5.71 Å². The molecular weight excluding hydrogens is 244 g/mol. The standard InChI is InChI=1S/C13H18N4S/c1-10(2)12(16-17-13(18)15-14)9-8-11-6-4-3-5-7-11/h3-10H,14H2,1-2H3,(H2,15,17,18)/b9-8-,16-12-. The molecule has 0 radical (unpaired) electrons. The van der Waals surface area contributed by atoms with E-state index in [1.807, 2.05) is 42.5 Å². The van der Waals surface area contributed by atoms with Gasteiger partial charge in [-0.1, -0.05) is 50.3 Å². The maximum atomic E-state index is 5.16. The summed E-state index contributed by atoms with van der Waals surface area (Å²) in [5.74, 6) is 5.45. The van der Waals surface area contributed by atoms with Gasteiger partial charge in [-0.15, -0.1) is 0 Å². The monoisotopic (exact) mass is 262 g/mol. The zero-order chi connectivity index (χ0) is 13.4. The van der Waals surface area contributed by atoms with Gasteiger partial charge in [-0.3, -0.25) is 10.9 Å². The van der Waals surface area contributed by atoms with Crippen LogP contribution in [-0.2, 0) is 0 Å². The molecule has 0 amide bonds. The first kappa shape index (κ1) is 14.3. The Bertz CT molecular complexity index is 438. The van der Waals surface area contributed by atoms with Crippen molar-refractivity contribution >= 4 is 29.1 Å². The largest absolute Gasteiger partial charge is 0.300 e. The van der Waals surface area contributed by atoms with Crippen LogP contribution in [0.1, 0.15) is 19.4 Å². The Morgan fingerprint density at radius 3 is 2.56 bits per heavy atom. The van der Waals surface area contributed by atoms with Gasteiger partial charge in [0.2, 0.25) is 5.11 Å². The number of rotatable bonds is 4. The number of thiocarbonyl (C=S) groups is 1. The van der Waals surface area contributed by atoms with Crippen molar-refractivity contribution in [3.63, 3.8) is 0 Å². The highest BCUT2D eigenvalue weighted by Gasteiger charge is 2.01. The van der Waals surface area contributed by atoms with Crippen LogP contribution < -0.4 is 16.7 Å². The molecule has 0 aliphatic heterocycles. The van der Waals surface area contributed by atoms with Gasteiger partial charge in [-0.05, 0) is 29.8 Å². The molecule has 4 N–H and O–H groups in total. The third-order valence-electron chi connectivity index (χ3n) is 2.26. The molecule has 1 rings (SSSR count).